The summed E-state index contributed by atoms with van der Waals surface area (Å²) in [4.78, 5) is 16.0. The van der Waals surface area contributed by atoms with Crippen molar-refractivity contribution in [3.8, 4) is 28.4 Å². The number of phenols is 1. The van der Waals surface area contributed by atoms with Gasteiger partial charge in [0, 0.05) is 52.6 Å². The third-order valence-corrected chi connectivity index (χ3v) is 11.2. The molecule has 1 fully saturated rings. The Morgan fingerprint density at radius 1 is 0.907 bits per heavy atom. The molecule has 1 amide bonds. The normalized spacial score (nSPS) is 13.9. The molecule has 54 heavy (non-hydrogen) atoms. The van der Waals surface area contributed by atoms with Crippen LogP contribution in [0.1, 0.15) is 113 Å². The minimum absolute atomic E-state index is 0.188. The summed E-state index contributed by atoms with van der Waals surface area (Å²) in [6.07, 6.45) is 7.06. The monoisotopic (exact) mass is 729 g/mol. The second kappa shape index (κ2) is 19.2. The van der Waals surface area contributed by atoms with Crippen LogP contribution < -0.4 is 10.1 Å². The lowest BCUT2D eigenvalue weighted by Crippen LogP contribution is -2.32. The number of aromatic nitrogens is 1. The highest BCUT2D eigenvalue weighted by Gasteiger charge is 2.26. The minimum atomic E-state index is -0.227. The summed E-state index contributed by atoms with van der Waals surface area (Å²) < 4.78 is 8.79. The zero-order chi connectivity index (χ0) is 38.8. The number of aromatic hydroxyl groups is 1. The van der Waals surface area contributed by atoms with Gasteiger partial charge in [0.05, 0.1) is 0 Å². The number of benzene rings is 4. The number of nitrogens with one attached hydrogen (secondary N) is 1. The van der Waals surface area contributed by atoms with Crippen LogP contribution >= 0.6 is 0 Å². The fraction of sp³-hybridized carbons (Fsp3) is 0.438. The molecule has 0 saturated heterocycles. The molecule has 0 radical (unpaired) electrons. The lowest BCUT2D eigenvalue weighted by atomic mass is 9.76. The Bertz CT molecular complexity index is 1960. The quantitative estimate of drug-likeness (QED) is 0.106. The van der Waals surface area contributed by atoms with Gasteiger partial charge in [0.25, 0.3) is 5.91 Å². The van der Waals surface area contributed by atoms with Gasteiger partial charge in [-0.15, -0.1) is 0 Å². The zero-order valence-corrected chi connectivity index (χ0v) is 34.0. The molecular formula is C48H63N3O3. The van der Waals surface area contributed by atoms with Gasteiger partial charge in [0.1, 0.15) is 17.2 Å². The van der Waals surface area contributed by atoms with E-state index in [4.69, 9.17) is 4.74 Å². The van der Waals surface area contributed by atoms with E-state index in [9.17, 15) is 9.90 Å². The van der Waals surface area contributed by atoms with E-state index in [1.165, 1.54) is 54.4 Å². The molecule has 2 atom stereocenters. The van der Waals surface area contributed by atoms with Crippen molar-refractivity contribution in [2.45, 2.75) is 106 Å². The largest absolute Gasteiger partial charge is 0.507 e. The molecule has 6 rings (SSSR count). The summed E-state index contributed by atoms with van der Waals surface area (Å²) in [5.74, 6) is 3.10. The van der Waals surface area contributed by atoms with Crippen molar-refractivity contribution in [3.63, 3.8) is 0 Å². The van der Waals surface area contributed by atoms with Crippen LogP contribution in [0.25, 0.3) is 22.0 Å². The topological polar surface area (TPSA) is 66.7 Å². The van der Waals surface area contributed by atoms with Gasteiger partial charge in [-0.3, -0.25) is 4.79 Å². The lowest BCUT2D eigenvalue weighted by molar-refractivity contribution is 0.102. The van der Waals surface area contributed by atoms with Crippen LogP contribution in [0, 0.1) is 25.7 Å². The molecule has 1 aliphatic rings. The maximum absolute atomic E-state index is 13.3. The lowest BCUT2D eigenvalue weighted by Gasteiger charge is -2.29. The van der Waals surface area contributed by atoms with Crippen LogP contribution in [0.15, 0.2) is 84.9 Å². The number of phenolic OH excluding ortho intramolecular Hbond substituents is 1. The van der Waals surface area contributed by atoms with Crippen molar-refractivity contribution in [3.05, 3.63) is 107 Å². The van der Waals surface area contributed by atoms with E-state index in [1.807, 2.05) is 68.4 Å². The van der Waals surface area contributed by atoms with Crippen molar-refractivity contribution in [1.29, 1.82) is 0 Å². The SMILES string of the molecule is CC.CCCN(CCC(C)CC)CC(C)Cn1c(C)c(C)c2cc(Oc3ccc(C(=O)Nc4cc(O)c(-c5ccccc5)c(C5CCC5)c4)cc3)ccc21. The van der Waals surface area contributed by atoms with Crippen LogP contribution in [0.5, 0.6) is 17.2 Å². The maximum atomic E-state index is 13.3. The van der Waals surface area contributed by atoms with Gasteiger partial charge >= 0.3 is 0 Å². The van der Waals surface area contributed by atoms with Crippen LogP contribution in [-0.4, -0.2) is 40.1 Å². The summed E-state index contributed by atoms with van der Waals surface area (Å²) in [6, 6.07) is 27.3. The molecule has 2 unspecified atom stereocenters. The number of ether oxygens (including phenoxy) is 1. The zero-order valence-electron chi connectivity index (χ0n) is 34.0. The number of nitrogens with zero attached hydrogens (tertiary/aromatic N) is 2. The highest BCUT2D eigenvalue weighted by atomic mass is 16.5. The van der Waals surface area contributed by atoms with Crippen molar-refractivity contribution >= 4 is 22.5 Å². The average Bonchev–Trinajstić information content (AvgIpc) is 3.38. The molecule has 5 aromatic rings. The second-order valence-corrected chi connectivity index (χ2v) is 15.2. The summed E-state index contributed by atoms with van der Waals surface area (Å²) in [6.45, 7) is 22.2. The first-order valence-corrected chi connectivity index (χ1v) is 20.5. The van der Waals surface area contributed by atoms with Gasteiger partial charge in [0.2, 0.25) is 0 Å². The molecule has 1 heterocycles. The van der Waals surface area contributed by atoms with E-state index in [-0.39, 0.29) is 11.7 Å². The van der Waals surface area contributed by atoms with Crippen molar-refractivity contribution in [1.82, 2.24) is 9.47 Å². The summed E-state index contributed by atoms with van der Waals surface area (Å²) in [7, 11) is 0. The first kappa shape index (κ1) is 40.6. The molecule has 1 aromatic heterocycles. The third kappa shape index (κ3) is 9.75. The predicted molar refractivity (Wildman–Crippen MR) is 227 cm³/mol. The molecule has 2 N–H and O–H groups in total. The molecule has 1 aliphatic carbocycles. The second-order valence-electron chi connectivity index (χ2n) is 15.2. The maximum Gasteiger partial charge on any atom is 0.255 e. The molecule has 4 aromatic carbocycles. The molecule has 1 saturated carbocycles. The Balaban J connectivity index is 0.00000276. The molecule has 0 bridgehead atoms. The molecule has 288 valence electrons. The van der Waals surface area contributed by atoms with Crippen molar-refractivity contribution in [2.24, 2.45) is 11.8 Å². The van der Waals surface area contributed by atoms with Gasteiger partial charge < -0.3 is 24.6 Å². The number of anilines is 1. The Labute approximate surface area is 324 Å². The molecule has 6 heteroatoms. The number of hydrogen-bond donors (Lipinski definition) is 2. The minimum Gasteiger partial charge on any atom is -0.507 e. The highest BCUT2D eigenvalue weighted by molar-refractivity contribution is 6.04. The Hall–Kier alpha value is -4.55. The Morgan fingerprint density at radius 2 is 1.61 bits per heavy atom. The number of fused-ring (bicyclic) bond motifs is 1. The van der Waals surface area contributed by atoms with E-state index in [1.54, 1.807) is 18.2 Å². The van der Waals surface area contributed by atoms with Crippen LogP contribution in [0.3, 0.4) is 0 Å². The van der Waals surface area contributed by atoms with E-state index < -0.39 is 0 Å². The fourth-order valence-corrected chi connectivity index (χ4v) is 7.65. The molecule has 0 spiro atoms. The van der Waals surface area contributed by atoms with E-state index in [0.29, 0.717) is 28.8 Å². The first-order valence-electron chi connectivity index (χ1n) is 20.5. The number of rotatable bonds is 16. The summed E-state index contributed by atoms with van der Waals surface area (Å²) in [5.41, 5.74) is 7.90. The first-order chi connectivity index (χ1) is 26.1. The third-order valence-electron chi connectivity index (χ3n) is 11.2. The number of carbonyl (C=O) groups excluding carboxylic acids is 1. The number of hydrogen-bond acceptors (Lipinski definition) is 4. The smallest absolute Gasteiger partial charge is 0.255 e. The van der Waals surface area contributed by atoms with Crippen LogP contribution in [-0.2, 0) is 6.54 Å². The molecule has 0 aliphatic heterocycles. The van der Waals surface area contributed by atoms with E-state index >= 15 is 0 Å². The van der Waals surface area contributed by atoms with Gasteiger partial charge in [-0.05, 0) is 136 Å². The summed E-state index contributed by atoms with van der Waals surface area (Å²) >= 11 is 0. The van der Waals surface area contributed by atoms with Gasteiger partial charge in [-0.25, -0.2) is 0 Å². The standard InChI is InChI=1S/C46H57N3O3.C2H6/c1-7-24-48(25-23-31(3)8-2)29-32(4)30-49-34(6)33(5)41-28-40(21-22-43(41)49)52-39-19-17-37(18-20-39)46(51)47-38-26-42(35-15-12-16-35)45(44(50)27-38)36-13-10-9-11-14-36;1-2/h9-11,13-14,17-22,26-28,31-32,35,50H,7-8,12,15-16,23-25,29-30H2,1-6H3,(H,47,51);1-2H3. The van der Waals surface area contributed by atoms with E-state index in [2.05, 4.69) is 68.5 Å². The van der Waals surface area contributed by atoms with Crippen molar-refractivity contribution < 1.29 is 14.6 Å². The highest BCUT2D eigenvalue weighted by Crippen LogP contribution is 2.46. The van der Waals surface area contributed by atoms with Crippen molar-refractivity contribution in [2.75, 3.05) is 25.0 Å². The van der Waals surface area contributed by atoms with Crippen LogP contribution in [0.2, 0.25) is 0 Å². The Kier molecular flexibility index (Phi) is 14.4. The summed E-state index contributed by atoms with van der Waals surface area (Å²) in [5, 5.41) is 15.3. The molecule has 6 nitrogen and oxygen atoms in total. The average molecular weight is 730 g/mol. The molecular weight excluding hydrogens is 667 g/mol. The van der Waals surface area contributed by atoms with Crippen LogP contribution in [0.4, 0.5) is 5.69 Å². The van der Waals surface area contributed by atoms with Gasteiger partial charge in [0.15, 0.2) is 0 Å². The van der Waals surface area contributed by atoms with Gasteiger partial charge in [-0.2, -0.15) is 0 Å². The van der Waals surface area contributed by atoms with Gasteiger partial charge in [-0.1, -0.05) is 84.7 Å². The number of amides is 1. The predicted octanol–water partition coefficient (Wildman–Crippen LogP) is 12.8. The fourth-order valence-electron chi connectivity index (χ4n) is 7.65. The Morgan fingerprint density at radius 3 is 2.26 bits per heavy atom. The number of aryl methyl sites for hydroxylation is 1. The number of carbonyl (C=O) groups is 1. The van der Waals surface area contributed by atoms with E-state index in [0.717, 1.165) is 60.8 Å².